The van der Waals surface area contributed by atoms with Crippen LogP contribution in [0.1, 0.15) is 33.3 Å². The van der Waals surface area contributed by atoms with E-state index < -0.39 is 0 Å². The second-order valence-corrected chi connectivity index (χ2v) is 2.32. The van der Waals surface area contributed by atoms with Crippen molar-refractivity contribution in [2.45, 2.75) is 34.6 Å². The summed E-state index contributed by atoms with van der Waals surface area (Å²) in [5.74, 6) is -0.359. The van der Waals surface area contributed by atoms with Crippen LogP contribution in [0.25, 0.3) is 0 Å². The molecular formula is C11H18ClF. The molecule has 0 atom stereocenters. The van der Waals surface area contributed by atoms with Crippen LogP contribution in [0.5, 0.6) is 0 Å². The van der Waals surface area contributed by atoms with Gasteiger partial charge in [-0.25, -0.2) is 4.39 Å². The molecule has 0 bridgehead atoms. The Hall–Kier alpha value is -0.560. The van der Waals surface area contributed by atoms with Gasteiger partial charge in [-0.3, -0.25) is 0 Å². The fourth-order valence-electron chi connectivity index (χ4n) is 0.601. The van der Waals surface area contributed by atoms with Gasteiger partial charge < -0.3 is 0 Å². The number of benzene rings is 1. The predicted octanol–water partition coefficient (Wildman–Crippen LogP) is 4.84. The molecule has 1 rings (SSSR count). The Morgan fingerprint density at radius 1 is 1.08 bits per heavy atom. The van der Waals surface area contributed by atoms with Gasteiger partial charge in [-0.05, 0) is 24.6 Å². The van der Waals surface area contributed by atoms with Crippen molar-refractivity contribution in [3.63, 3.8) is 0 Å². The summed E-state index contributed by atoms with van der Waals surface area (Å²) in [7, 11) is 0. The number of hydrogen-bond donors (Lipinski definition) is 0. The van der Waals surface area contributed by atoms with E-state index in [1.165, 1.54) is 6.07 Å². The Labute approximate surface area is 85.7 Å². The topological polar surface area (TPSA) is 0 Å². The molecule has 2 heteroatoms. The van der Waals surface area contributed by atoms with Gasteiger partial charge in [0.25, 0.3) is 0 Å². The molecule has 0 unspecified atom stereocenters. The molecule has 0 aliphatic rings. The second-order valence-electron chi connectivity index (χ2n) is 1.92. The molecule has 0 saturated heterocycles. The SMILES string of the molecule is CC.CC.Cc1ccc(F)c(Cl)c1. The van der Waals surface area contributed by atoms with Gasteiger partial charge >= 0.3 is 0 Å². The van der Waals surface area contributed by atoms with E-state index in [1.54, 1.807) is 12.1 Å². The van der Waals surface area contributed by atoms with Crippen molar-refractivity contribution < 1.29 is 4.39 Å². The van der Waals surface area contributed by atoms with Crippen molar-refractivity contribution in [2.75, 3.05) is 0 Å². The lowest BCUT2D eigenvalue weighted by molar-refractivity contribution is 0.628. The maximum absolute atomic E-state index is 12.4. The van der Waals surface area contributed by atoms with Crippen molar-refractivity contribution in [3.8, 4) is 0 Å². The van der Waals surface area contributed by atoms with E-state index in [4.69, 9.17) is 11.6 Å². The van der Waals surface area contributed by atoms with Gasteiger partial charge in [-0.2, -0.15) is 0 Å². The van der Waals surface area contributed by atoms with E-state index in [9.17, 15) is 4.39 Å². The molecule has 0 aromatic heterocycles. The summed E-state index contributed by atoms with van der Waals surface area (Å²) in [5, 5.41) is 0.190. The highest BCUT2D eigenvalue weighted by molar-refractivity contribution is 6.30. The maximum atomic E-state index is 12.4. The first-order chi connectivity index (χ1) is 6.20. The van der Waals surface area contributed by atoms with Gasteiger partial charge in [0.2, 0.25) is 0 Å². The lowest BCUT2D eigenvalue weighted by Crippen LogP contribution is -1.76. The number of rotatable bonds is 0. The minimum atomic E-state index is -0.359. The van der Waals surface area contributed by atoms with Crippen LogP contribution in [0.3, 0.4) is 0 Å². The van der Waals surface area contributed by atoms with Crippen molar-refractivity contribution >= 4 is 11.6 Å². The highest BCUT2D eigenvalue weighted by Gasteiger charge is 1.95. The summed E-state index contributed by atoms with van der Waals surface area (Å²) in [5.41, 5.74) is 0.974. The predicted molar refractivity (Wildman–Crippen MR) is 58.8 cm³/mol. The van der Waals surface area contributed by atoms with E-state index in [-0.39, 0.29) is 10.8 Å². The minimum absolute atomic E-state index is 0.190. The van der Waals surface area contributed by atoms with Crippen molar-refractivity contribution in [1.82, 2.24) is 0 Å². The first kappa shape index (κ1) is 14.9. The monoisotopic (exact) mass is 204 g/mol. The van der Waals surface area contributed by atoms with Gasteiger partial charge in [0.15, 0.2) is 0 Å². The number of aryl methyl sites for hydroxylation is 1. The van der Waals surface area contributed by atoms with E-state index in [1.807, 2.05) is 34.6 Å². The fourth-order valence-corrected chi connectivity index (χ4v) is 0.836. The molecule has 0 spiro atoms. The average Bonchev–Trinajstić information content (AvgIpc) is 2.18. The van der Waals surface area contributed by atoms with E-state index in [2.05, 4.69) is 0 Å². The molecule has 0 radical (unpaired) electrons. The number of hydrogen-bond acceptors (Lipinski definition) is 0. The third-order valence-electron chi connectivity index (χ3n) is 1.08. The third kappa shape index (κ3) is 6.59. The molecule has 76 valence electrons. The Morgan fingerprint density at radius 3 is 1.85 bits per heavy atom. The minimum Gasteiger partial charge on any atom is -0.205 e. The first-order valence-corrected chi connectivity index (χ1v) is 4.99. The standard InChI is InChI=1S/C7H6ClF.2C2H6/c1-5-2-3-7(9)6(8)4-5;2*1-2/h2-4H,1H3;2*1-2H3. The van der Waals surface area contributed by atoms with Gasteiger partial charge in [0.1, 0.15) is 5.82 Å². The summed E-state index contributed by atoms with van der Waals surface area (Å²) in [6.45, 7) is 9.87. The van der Waals surface area contributed by atoms with Crippen LogP contribution in [0, 0.1) is 12.7 Å². The lowest BCUT2D eigenvalue weighted by Gasteiger charge is -1.93. The Morgan fingerprint density at radius 2 is 1.54 bits per heavy atom. The quantitative estimate of drug-likeness (QED) is 0.567. The van der Waals surface area contributed by atoms with E-state index in [0.717, 1.165) is 5.56 Å². The van der Waals surface area contributed by atoms with Crippen LogP contribution >= 0.6 is 11.6 Å². The maximum Gasteiger partial charge on any atom is 0.141 e. The van der Waals surface area contributed by atoms with Crippen molar-refractivity contribution in [3.05, 3.63) is 34.6 Å². The van der Waals surface area contributed by atoms with Gasteiger partial charge in [0, 0.05) is 0 Å². The molecule has 1 aromatic rings. The van der Waals surface area contributed by atoms with E-state index in [0.29, 0.717) is 0 Å². The lowest BCUT2D eigenvalue weighted by atomic mass is 10.2. The van der Waals surface area contributed by atoms with Crippen LogP contribution in [0.15, 0.2) is 18.2 Å². The molecule has 13 heavy (non-hydrogen) atoms. The highest BCUT2D eigenvalue weighted by Crippen LogP contribution is 2.14. The largest absolute Gasteiger partial charge is 0.205 e. The average molecular weight is 205 g/mol. The molecule has 0 N–H and O–H groups in total. The summed E-state index contributed by atoms with van der Waals surface area (Å²) >= 11 is 5.44. The summed E-state index contributed by atoms with van der Waals surface area (Å²) in [4.78, 5) is 0. The zero-order valence-electron chi connectivity index (χ0n) is 8.99. The van der Waals surface area contributed by atoms with Crippen molar-refractivity contribution in [1.29, 1.82) is 0 Å². The zero-order valence-corrected chi connectivity index (χ0v) is 9.74. The van der Waals surface area contributed by atoms with Crippen LogP contribution in [0.4, 0.5) is 4.39 Å². The normalized spacial score (nSPS) is 7.62. The first-order valence-electron chi connectivity index (χ1n) is 4.62. The molecule has 0 fully saturated rings. The van der Waals surface area contributed by atoms with Gasteiger partial charge in [-0.15, -0.1) is 0 Å². The fraction of sp³-hybridized carbons (Fsp3) is 0.455. The van der Waals surface area contributed by atoms with Crippen molar-refractivity contribution in [2.24, 2.45) is 0 Å². The molecule has 0 aliphatic carbocycles. The molecular weight excluding hydrogens is 187 g/mol. The summed E-state index contributed by atoms with van der Waals surface area (Å²) in [6, 6.07) is 4.63. The van der Waals surface area contributed by atoms with Crippen LogP contribution in [-0.2, 0) is 0 Å². The third-order valence-corrected chi connectivity index (χ3v) is 1.36. The van der Waals surface area contributed by atoms with Crippen LogP contribution in [0.2, 0.25) is 5.02 Å². The molecule has 0 heterocycles. The highest BCUT2D eigenvalue weighted by atomic mass is 35.5. The Kier molecular flexibility index (Phi) is 10.9. The van der Waals surface area contributed by atoms with Crippen LogP contribution < -0.4 is 0 Å². The molecule has 0 amide bonds. The summed E-state index contributed by atoms with van der Waals surface area (Å²) < 4.78 is 12.4. The second kappa shape index (κ2) is 9.53. The zero-order chi connectivity index (χ0) is 10.9. The molecule has 0 nitrogen and oxygen atoms in total. The Balaban J connectivity index is 0. The molecule has 0 aliphatic heterocycles. The van der Waals surface area contributed by atoms with Gasteiger partial charge in [0.05, 0.1) is 5.02 Å². The Bertz CT molecular complexity index is 221. The number of halogens is 2. The smallest absolute Gasteiger partial charge is 0.141 e. The molecule has 0 saturated carbocycles. The van der Waals surface area contributed by atoms with Crippen LogP contribution in [-0.4, -0.2) is 0 Å². The molecule has 1 aromatic carbocycles. The summed E-state index contributed by atoms with van der Waals surface area (Å²) in [6.07, 6.45) is 0. The van der Waals surface area contributed by atoms with E-state index >= 15 is 0 Å². The van der Waals surface area contributed by atoms with Gasteiger partial charge in [-0.1, -0.05) is 45.4 Å².